The predicted molar refractivity (Wildman–Crippen MR) is 77.7 cm³/mol. The number of pyridine rings is 1. The van der Waals surface area contributed by atoms with E-state index in [-0.39, 0.29) is 0 Å². The van der Waals surface area contributed by atoms with Gasteiger partial charge in [0.25, 0.3) is 0 Å². The summed E-state index contributed by atoms with van der Waals surface area (Å²) in [5, 5.41) is 0.692. The summed E-state index contributed by atoms with van der Waals surface area (Å²) in [6.45, 7) is 6.36. The number of likely N-dealkylation sites (N-methyl/N-ethyl adjacent to an activating group) is 1. The quantitative estimate of drug-likeness (QED) is 0.780. The van der Waals surface area contributed by atoms with Crippen molar-refractivity contribution in [1.29, 1.82) is 0 Å². The molecule has 1 aliphatic heterocycles. The van der Waals surface area contributed by atoms with Crippen molar-refractivity contribution in [3.8, 4) is 0 Å². The van der Waals surface area contributed by atoms with Gasteiger partial charge in [0.1, 0.15) is 5.82 Å². The van der Waals surface area contributed by atoms with Crippen LogP contribution < -0.4 is 4.90 Å². The van der Waals surface area contributed by atoms with Crippen LogP contribution in [0.15, 0.2) is 12.3 Å². The van der Waals surface area contributed by atoms with Gasteiger partial charge < -0.3 is 4.90 Å². The van der Waals surface area contributed by atoms with Gasteiger partial charge in [0.15, 0.2) is 0 Å². The molecule has 0 bridgehead atoms. The fourth-order valence-electron chi connectivity index (χ4n) is 2.35. The van der Waals surface area contributed by atoms with Crippen LogP contribution in [0, 0.1) is 0 Å². The molecular formula is C13H19Cl2N3. The van der Waals surface area contributed by atoms with Crippen molar-refractivity contribution in [2.45, 2.75) is 31.8 Å². The Kier molecular flexibility index (Phi) is 4.36. The number of piperazine rings is 1. The highest BCUT2D eigenvalue weighted by Gasteiger charge is 2.28. The molecule has 1 aliphatic rings. The van der Waals surface area contributed by atoms with Crippen LogP contribution in [0.2, 0.25) is 5.02 Å². The molecule has 2 rings (SSSR count). The fraction of sp³-hybridized carbons (Fsp3) is 0.615. The standard InChI is InChI=1S/C13H19Cl2N3/c1-9-7-18(8-10(2)17(9)3)13-12(15)4-11(5-14)6-16-13/h4,6,9-10H,5,7-8H2,1-3H3. The zero-order valence-electron chi connectivity index (χ0n) is 11.0. The molecule has 0 N–H and O–H groups in total. The van der Waals surface area contributed by atoms with Crippen LogP contribution in [0.4, 0.5) is 5.82 Å². The Hall–Kier alpha value is -0.510. The maximum atomic E-state index is 6.30. The minimum atomic E-state index is 0.447. The second-order valence-corrected chi connectivity index (χ2v) is 5.73. The molecule has 100 valence electrons. The highest BCUT2D eigenvalue weighted by Crippen LogP contribution is 2.27. The van der Waals surface area contributed by atoms with E-state index in [1.807, 2.05) is 12.3 Å². The maximum Gasteiger partial charge on any atom is 0.147 e. The molecule has 2 unspecified atom stereocenters. The van der Waals surface area contributed by atoms with E-state index in [0.29, 0.717) is 23.0 Å². The minimum absolute atomic E-state index is 0.447. The van der Waals surface area contributed by atoms with Crippen LogP contribution in [0.5, 0.6) is 0 Å². The average molecular weight is 288 g/mol. The molecular weight excluding hydrogens is 269 g/mol. The summed E-state index contributed by atoms with van der Waals surface area (Å²) < 4.78 is 0. The Morgan fingerprint density at radius 1 is 1.33 bits per heavy atom. The van der Waals surface area contributed by atoms with E-state index in [0.717, 1.165) is 24.5 Å². The Bertz CT molecular complexity index is 413. The lowest BCUT2D eigenvalue weighted by Crippen LogP contribution is -2.55. The summed E-state index contributed by atoms with van der Waals surface area (Å²) in [6.07, 6.45) is 1.81. The third-order valence-corrected chi connectivity index (χ3v) is 4.28. The molecule has 1 aromatic heterocycles. The van der Waals surface area contributed by atoms with Gasteiger partial charge in [0.05, 0.1) is 5.02 Å². The monoisotopic (exact) mass is 287 g/mol. The van der Waals surface area contributed by atoms with Crippen LogP contribution in [0.1, 0.15) is 19.4 Å². The molecule has 2 atom stereocenters. The molecule has 0 radical (unpaired) electrons. The van der Waals surface area contributed by atoms with Gasteiger partial charge in [-0.25, -0.2) is 4.98 Å². The molecule has 1 fully saturated rings. The van der Waals surface area contributed by atoms with Crippen LogP contribution in [0.25, 0.3) is 0 Å². The van der Waals surface area contributed by atoms with E-state index >= 15 is 0 Å². The number of anilines is 1. The molecule has 0 aromatic carbocycles. The van der Waals surface area contributed by atoms with Gasteiger partial charge in [-0.05, 0) is 32.5 Å². The first-order valence-electron chi connectivity index (χ1n) is 6.20. The number of hydrogen-bond donors (Lipinski definition) is 0. The smallest absolute Gasteiger partial charge is 0.147 e. The molecule has 1 saturated heterocycles. The first-order valence-corrected chi connectivity index (χ1v) is 7.11. The van der Waals surface area contributed by atoms with Gasteiger partial charge in [0, 0.05) is 37.3 Å². The van der Waals surface area contributed by atoms with Crippen LogP contribution >= 0.6 is 23.2 Å². The first kappa shape index (κ1) is 13.9. The van der Waals surface area contributed by atoms with Crippen molar-refractivity contribution in [2.24, 2.45) is 0 Å². The van der Waals surface area contributed by atoms with E-state index in [1.165, 1.54) is 0 Å². The van der Waals surface area contributed by atoms with Crippen molar-refractivity contribution >= 4 is 29.0 Å². The third-order valence-electron chi connectivity index (χ3n) is 3.69. The van der Waals surface area contributed by atoms with Crippen LogP contribution in [0.3, 0.4) is 0 Å². The number of alkyl halides is 1. The summed E-state index contributed by atoms with van der Waals surface area (Å²) in [5.41, 5.74) is 0.959. The van der Waals surface area contributed by atoms with E-state index < -0.39 is 0 Å². The zero-order valence-corrected chi connectivity index (χ0v) is 12.5. The van der Waals surface area contributed by atoms with E-state index in [9.17, 15) is 0 Å². The molecule has 18 heavy (non-hydrogen) atoms. The maximum absolute atomic E-state index is 6.30. The summed E-state index contributed by atoms with van der Waals surface area (Å²) in [4.78, 5) is 9.10. The lowest BCUT2D eigenvalue weighted by atomic mass is 10.1. The Morgan fingerprint density at radius 3 is 2.44 bits per heavy atom. The van der Waals surface area contributed by atoms with E-state index in [1.54, 1.807) is 0 Å². The highest BCUT2D eigenvalue weighted by molar-refractivity contribution is 6.33. The summed E-state index contributed by atoms with van der Waals surface area (Å²) in [6, 6.07) is 2.91. The van der Waals surface area contributed by atoms with Gasteiger partial charge in [-0.2, -0.15) is 0 Å². The van der Waals surface area contributed by atoms with Crippen molar-refractivity contribution in [3.63, 3.8) is 0 Å². The fourth-order valence-corrected chi connectivity index (χ4v) is 2.81. The summed E-state index contributed by atoms with van der Waals surface area (Å²) in [7, 11) is 2.16. The van der Waals surface area contributed by atoms with Crippen molar-refractivity contribution in [1.82, 2.24) is 9.88 Å². The topological polar surface area (TPSA) is 19.4 Å². The second kappa shape index (κ2) is 5.64. The molecule has 5 heteroatoms. The molecule has 0 saturated carbocycles. The lowest BCUT2D eigenvalue weighted by molar-refractivity contribution is 0.169. The number of halogens is 2. The molecule has 2 heterocycles. The van der Waals surface area contributed by atoms with Gasteiger partial charge in [-0.15, -0.1) is 11.6 Å². The Balaban J connectivity index is 2.21. The second-order valence-electron chi connectivity index (χ2n) is 5.05. The van der Waals surface area contributed by atoms with E-state index in [2.05, 4.69) is 35.7 Å². The molecule has 0 amide bonds. The normalized spacial score (nSPS) is 25.5. The number of hydrogen-bond acceptors (Lipinski definition) is 3. The predicted octanol–water partition coefficient (Wildman–Crippen LogP) is 3.00. The van der Waals surface area contributed by atoms with Crippen molar-refractivity contribution < 1.29 is 0 Å². The van der Waals surface area contributed by atoms with Gasteiger partial charge in [0.2, 0.25) is 0 Å². The van der Waals surface area contributed by atoms with Gasteiger partial charge in [-0.1, -0.05) is 11.6 Å². The minimum Gasteiger partial charge on any atom is -0.352 e. The van der Waals surface area contributed by atoms with Gasteiger partial charge >= 0.3 is 0 Å². The third kappa shape index (κ3) is 2.73. The molecule has 1 aromatic rings. The molecule has 3 nitrogen and oxygen atoms in total. The number of aromatic nitrogens is 1. The number of nitrogens with zero attached hydrogens (tertiary/aromatic N) is 3. The highest BCUT2D eigenvalue weighted by atomic mass is 35.5. The van der Waals surface area contributed by atoms with Crippen molar-refractivity contribution in [2.75, 3.05) is 25.0 Å². The summed E-state index contributed by atoms with van der Waals surface area (Å²) >= 11 is 12.1. The Morgan fingerprint density at radius 2 is 1.94 bits per heavy atom. The SMILES string of the molecule is CC1CN(c2ncc(CCl)cc2Cl)CC(C)N1C. The zero-order chi connectivity index (χ0) is 13.3. The summed E-state index contributed by atoms with van der Waals surface area (Å²) in [5.74, 6) is 1.32. The largest absolute Gasteiger partial charge is 0.352 e. The Labute approximate surface area is 119 Å². The number of rotatable bonds is 2. The first-order chi connectivity index (χ1) is 8.52. The van der Waals surface area contributed by atoms with Crippen molar-refractivity contribution in [3.05, 3.63) is 22.8 Å². The molecule has 0 spiro atoms. The molecule has 0 aliphatic carbocycles. The van der Waals surface area contributed by atoms with Crippen LogP contribution in [-0.4, -0.2) is 42.1 Å². The average Bonchev–Trinajstić information content (AvgIpc) is 2.35. The van der Waals surface area contributed by atoms with Gasteiger partial charge in [-0.3, -0.25) is 4.90 Å². The van der Waals surface area contributed by atoms with E-state index in [4.69, 9.17) is 23.2 Å². The van der Waals surface area contributed by atoms with Crippen LogP contribution in [-0.2, 0) is 5.88 Å². The lowest BCUT2D eigenvalue weighted by Gasteiger charge is -2.43.